The molecule has 0 spiro atoms. The molecule has 0 radical (unpaired) electrons. The Kier molecular flexibility index (Phi) is 3.46. The van der Waals surface area contributed by atoms with Crippen molar-refractivity contribution in [1.82, 2.24) is 5.32 Å². The minimum Gasteiger partial charge on any atom is -0.385 e. The molecule has 17 heavy (non-hydrogen) atoms. The van der Waals surface area contributed by atoms with Crippen LogP contribution in [0.15, 0.2) is 18.7 Å². The van der Waals surface area contributed by atoms with Gasteiger partial charge >= 0.3 is 0 Å². The van der Waals surface area contributed by atoms with Gasteiger partial charge in [-0.1, -0.05) is 19.4 Å². The fraction of sp³-hybridized carbons (Fsp3) is 0.429. The third-order valence-corrected chi connectivity index (χ3v) is 3.25. The van der Waals surface area contributed by atoms with E-state index in [0.29, 0.717) is 16.8 Å². The van der Waals surface area contributed by atoms with Gasteiger partial charge in [0.15, 0.2) is 11.6 Å². The van der Waals surface area contributed by atoms with E-state index in [9.17, 15) is 8.78 Å². The van der Waals surface area contributed by atoms with Crippen molar-refractivity contribution >= 4 is 5.70 Å². The maximum Gasteiger partial charge on any atom is 0.162 e. The van der Waals surface area contributed by atoms with Gasteiger partial charge in [0.1, 0.15) is 0 Å². The van der Waals surface area contributed by atoms with E-state index in [1.54, 1.807) is 13.0 Å². The second-order valence-corrected chi connectivity index (χ2v) is 4.67. The summed E-state index contributed by atoms with van der Waals surface area (Å²) in [5.74, 6) is -0.744. The molecule has 1 aliphatic rings. The zero-order valence-electron chi connectivity index (χ0n) is 10.0. The van der Waals surface area contributed by atoms with E-state index in [2.05, 4.69) is 11.9 Å². The fourth-order valence-corrected chi connectivity index (χ4v) is 1.91. The van der Waals surface area contributed by atoms with Gasteiger partial charge in [-0.05, 0) is 37.0 Å². The molecule has 1 aromatic rings. The lowest BCUT2D eigenvalue weighted by Crippen LogP contribution is -2.14. The predicted molar refractivity (Wildman–Crippen MR) is 65.5 cm³/mol. The minimum atomic E-state index is -0.808. The van der Waals surface area contributed by atoms with Crippen LogP contribution in [0.1, 0.15) is 30.4 Å². The first kappa shape index (κ1) is 12.1. The first-order valence-corrected chi connectivity index (χ1v) is 5.97. The summed E-state index contributed by atoms with van der Waals surface area (Å²) in [4.78, 5) is 0. The molecule has 1 N–H and O–H groups in total. The second kappa shape index (κ2) is 4.86. The van der Waals surface area contributed by atoms with Crippen LogP contribution in [-0.4, -0.2) is 6.54 Å². The summed E-state index contributed by atoms with van der Waals surface area (Å²) < 4.78 is 26.3. The van der Waals surface area contributed by atoms with E-state index >= 15 is 0 Å². The Hall–Kier alpha value is -1.38. The Labute approximate surface area is 101 Å². The fourth-order valence-electron chi connectivity index (χ4n) is 1.91. The van der Waals surface area contributed by atoms with Crippen molar-refractivity contribution in [2.75, 3.05) is 6.54 Å². The first-order valence-electron chi connectivity index (χ1n) is 5.97. The molecule has 0 atom stereocenters. The van der Waals surface area contributed by atoms with Crippen LogP contribution in [-0.2, 0) is 0 Å². The molecule has 1 aromatic carbocycles. The van der Waals surface area contributed by atoms with Crippen LogP contribution in [0.4, 0.5) is 8.78 Å². The van der Waals surface area contributed by atoms with E-state index in [4.69, 9.17) is 0 Å². The Morgan fingerprint density at radius 3 is 2.76 bits per heavy atom. The number of hydrogen-bond donors (Lipinski definition) is 1. The van der Waals surface area contributed by atoms with Crippen molar-refractivity contribution in [3.05, 3.63) is 41.5 Å². The number of benzene rings is 1. The Balaban J connectivity index is 2.00. The first-order chi connectivity index (χ1) is 8.09. The van der Waals surface area contributed by atoms with Crippen molar-refractivity contribution < 1.29 is 8.78 Å². The number of hydrogen-bond acceptors (Lipinski definition) is 1. The van der Waals surface area contributed by atoms with Crippen LogP contribution in [0.25, 0.3) is 5.70 Å². The summed E-state index contributed by atoms with van der Waals surface area (Å²) in [5, 5.41) is 3.17. The predicted octanol–water partition coefficient (Wildman–Crippen LogP) is 3.63. The van der Waals surface area contributed by atoms with E-state index in [0.717, 1.165) is 24.9 Å². The van der Waals surface area contributed by atoms with Gasteiger partial charge in [-0.2, -0.15) is 0 Å². The maximum atomic E-state index is 13.4. The average Bonchev–Trinajstić information content (AvgIpc) is 3.10. The molecule has 0 aliphatic heterocycles. The molecule has 0 unspecified atom stereocenters. The van der Waals surface area contributed by atoms with Crippen LogP contribution in [0, 0.1) is 24.5 Å². The summed E-state index contributed by atoms with van der Waals surface area (Å²) in [6.07, 6.45) is 3.76. The molecule has 0 heterocycles. The molecular formula is C14H17F2N. The Bertz CT molecular complexity index is 436. The maximum absolute atomic E-state index is 13.4. The van der Waals surface area contributed by atoms with E-state index < -0.39 is 11.6 Å². The summed E-state index contributed by atoms with van der Waals surface area (Å²) in [5.41, 5.74) is 1.63. The summed E-state index contributed by atoms with van der Waals surface area (Å²) >= 11 is 0. The summed E-state index contributed by atoms with van der Waals surface area (Å²) in [7, 11) is 0. The standard InChI is InChI=1S/C14H17F2N/c1-9-12(5-6-13(15)14(9)16)10(2)17-8-7-11-3-4-11/h5-6,11,17H,2-4,7-8H2,1H3. The zero-order chi connectivity index (χ0) is 12.4. The molecular weight excluding hydrogens is 220 g/mol. The van der Waals surface area contributed by atoms with Crippen molar-refractivity contribution in [3.63, 3.8) is 0 Å². The van der Waals surface area contributed by atoms with Gasteiger partial charge in [-0.15, -0.1) is 0 Å². The molecule has 1 saturated carbocycles. The lowest BCUT2D eigenvalue weighted by Gasteiger charge is -2.12. The molecule has 0 bridgehead atoms. The topological polar surface area (TPSA) is 12.0 Å². The molecule has 0 amide bonds. The highest BCUT2D eigenvalue weighted by atomic mass is 19.2. The molecule has 0 saturated heterocycles. The zero-order valence-corrected chi connectivity index (χ0v) is 10.0. The van der Waals surface area contributed by atoms with Crippen molar-refractivity contribution in [2.45, 2.75) is 26.2 Å². The Morgan fingerprint density at radius 1 is 1.41 bits per heavy atom. The van der Waals surface area contributed by atoms with Crippen LogP contribution < -0.4 is 5.32 Å². The van der Waals surface area contributed by atoms with E-state index in [1.165, 1.54) is 12.8 Å². The molecule has 1 aliphatic carbocycles. The molecule has 0 aromatic heterocycles. The highest BCUT2D eigenvalue weighted by molar-refractivity contribution is 5.64. The molecule has 2 rings (SSSR count). The lowest BCUT2D eigenvalue weighted by atomic mass is 10.1. The van der Waals surface area contributed by atoms with Crippen LogP contribution >= 0.6 is 0 Å². The van der Waals surface area contributed by atoms with Gasteiger partial charge < -0.3 is 5.32 Å². The van der Waals surface area contributed by atoms with Gasteiger partial charge in [-0.25, -0.2) is 8.78 Å². The Morgan fingerprint density at radius 2 is 2.12 bits per heavy atom. The van der Waals surface area contributed by atoms with E-state index in [1.807, 2.05) is 0 Å². The number of nitrogens with one attached hydrogen (secondary N) is 1. The van der Waals surface area contributed by atoms with Crippen molar-refractivity contribution in [1.29, 1.82) is 0 Å². The summed E-state index contributed by atoms with van der Waals surface area (Å²) in [6.45, 7) is 6.29. The smallest absolute Gasteiger partial charge is 0.162 e. The molecule has 1 nitrogen and oxygen atoms in total. The minimum absolute atomic E-state index is 0.314. The second-order valence-electron chi connectivity index (χ2n) is 4.67. The van der Waals surface area contributed by atoms with Crippen LogP contribution in [0.5, 0.6) is 0 Å². The van der Waals surface area contributed by atoms with Crippen LogP contribution in [0.2, 0.25) is 0 Å². The largest absolute Gasteiger partial charge is 0.385 e. The molecule has 3 heteroatoms. The molecule has 92 valence electrons. The van der Waals surface area contributed by atoms with Crippen molar-refractivity contribution in [3.8, 4) is 0 Å². The number of rotatable bonds is 5. The molecule has 1 fully saturated rings. The van der Waals surface area contributed by atoms with Gasteiger partial charge in [0.25, 0.3) is 0 Å². The van der Waals surface area contributed by atoms with Crippen molar-refractivity contribution in [2.24, 2.45) is 5.92 Å². The van der Waals surface area contributed by atoms with E-state index in [-0.39, 0.29) is 0 Å². The monoisotopic (exact) mass is 237 g/mol. The third-order valence-electron chi connectivity index (χ3n) is 3.25. The quantitative estimate of drug-likeness (QED) is 0.824. The highest BCUT2D eigenvalue weighted by Crippen LogP contribution is 2.32. The van der Waals surface area contributed by atoms with Gasteiger partial charge in [0.2, 0.25) is 0 Å². The third kappa shape index (κ3) is 2.84. The average molecular weight is 237 g/mol. The van der Waals surface area contributed by atoms with Crippen LogP contribution in [0.3, 0.4) is 0 Å². The van der Waals surface area contributed by atoms with Gasteiger partial charge in [0.05, 0.1) is 0 Å². The normalized spacial score (nSPS) is 14.8. The highest BCUT2D eigenvalue weighted by Gasteiger charge is 2.20. The number of halogens is 2. The lowest BCUT2D eigenvalue weighted by molar-refractivity contribution is 0.502. The SMILES string of the molecule is C=C(NCCC1CC1)c1ccc(F)c(F)c1C. The van der Waals surface area contributed by atoms with Gasteiger partial charge in [0, 0.05) is 17.8 Å². The van der Waals surface area contributed by atoms with Gasteiger partial charge in [-0.3, -0.25) is 0 Å². The summed E-state index contributed by atoms with van der Waals surface area (Å²) in [6, 6.07) is 2.71.